The number of ketones is 1. The van der Waals surface area contributed by atoms with Crippen molar-refractivity contribution in [2.45, 2.75) is 82.2 Å². The fourth-order valence-electron chi connectivity index (χ4n) is 8.28. The number of rotatable bonds is 4. The molecule has 0 aromatic heterocycles. The smallest absolute Gasteiger partial charge is 0.312 e. The van der Waals surface area contributed by atoms with E-state index in [9.17, 15) is 29.7 Å². The molecule has 0 radical (unpaired) electrons. The molecule has 32 heavy (non-hydrogen) atoms. The highest BCUT2D eigenvalue weighted by molar-refractivity contribution is 5.92. The number of aliphatic hydroxyl groups is 2. The summed E-state index contributed by atoms with van der Waals surface area (Å²) in [6.45, 7) is 4.01. The first kappa shape index (κ1) is 22.0. The first-order valence-corrected chi connectivity index (χ1v) is 11.6. The number of epoxide rings is 1. The van der Waals surface area contributed by atoms with Crippen LogP contribution in [-0.2, 0) is 23.9 Å². The fourth-order valence-corrected chi connectivity index (χ4v) is 8.28. The van der Waals surface area contributed by atoms with Crippen LogP contribution in [0.3, 0.4) is 0 Å². The second-order valence-electron chi connectivity index (χ2n) is 11.0. The normalized spacial score (nSPS) is 51.0. The molecule has 0 aromatic carbocycles. The van der Waals surface area contributed by atoms with Gasteiger partial charge in [0.15, 0.2) is 5.78 Å². The second kappa shape index (κ2) is 6.64. The second-order valence-corrected chi connectivity index (χ2v) is 11.0. The number of methoxy groups -OCH3 is 1. The fraction of sp³-hybridized carbons (Fsp3) is 0.792. The van der Waals surface area contributed by atoms with Gasteiger partial charge in [-0.25, -0.2) is 0 Å². The largest absolute Gasteiger partial charge is 0.481 e. The SMILES string of the molecule is COC(=O)[C@H]1[C@H]2[C@@H]3CC[C@@](O)(CCC(=O)O)[C@@]3(C)C[C@H]3O[C@@]23[C@@]2(C)CCC(=O)C=C2[C@@H]1O. The monoisotopic (exact) mass is 448 g/mol. The minimum atomic E-state index is -1.18. The lowest BCUT2D eigenvalue weighted by molar-refractivity contribution is -0.174. The summed E-state index contributed by atoms with van der Waals surface area (Å²) in [4.78, 5) is 36.5. The molecule has 4 aliphatic carbocycles. The van der Waals surface area contributed by atoms with E-state index in [2.05, 4.69) is 0 Å². The summed E-state index contributed by atoms with van der Waals surface area (Å²) in [5.74, 6) is -2.98. The van der Waals surface area contributed by atoms with E-state index in [1.807, 2.05) is 13.8 Å². The summed E-state index contributed by atoms with van der Waals surface area (Å²) in [6.07, 6.45) is 2.65. The van der Waals surface area contributed by atoms with Crippen LogP contribution in [0.4, 0.5) is 0 Å². The predicted octanol–water partition coefficient (Wildman–Crippen LogP) is 1.62. The Balaban J connectivity index is 1.63. The Kier molecular flexibility index (Phi) is 4.57. The van der Waals surface area contributed by atoms with Crippen LogP contribution < -0.4 is 0 Å². The molecule has 1 heterocycles. The summed E-state index contributed by atoms with van der Waals surface area (Å²) in [5.41, 5.74) is -2.54. The number of aliphatic hydroxyl groups excluding tert-OH is 1. The summed E-state index contributed by atoms with van der Waals surface area (Å²) >= 11 is 0. The predicted molar refractivity (Wildman–Crippen MR) is 110 cm³/mol. The molecule has 1 spiro atoms. The zero-order valence-corrected chi connectivity index (χ0v) is 18.8. The first-order chi connectivity index (χ1) is 14.9. The lowest BCUT2D eigenvalue weighted by Crippen LogP contribution is -2.66. The highest BCUT2D eigenvalue weighted by Crippen LogP contribution is 2.77. The number of carboxylic acids is 1. The number of hydrogen-bond donors (Lipinski definition) is 3. The molecule has 3 N–H and O–H groups in total. The van der Waals surface area contributed by atoms with Crippen molar-refractivity contribution in [3.63, 3.8) is 0 Å². The van der Waals surface area contributed by atoms with Crippen LogP contribution in [0, 0.1) is 28.6 Å². The van der Waals surface area contributed by atoms with E-state index >= 15 is 0 Å². The maximum Gasteiger partial charge on any atom is 0.312 e. The van der Waals surface area contributed by atoms with Crippen LogP contribution in [-0.4, -0.2) is 63.6 Å². The maximum absolute atomic E-state index is 13.0. The minimum Gasteiger partial charge on any atom is -0.481 e. The third-order valence-electron chi connectivity index (χ3n) is 10.0. The van der Waals surface area contributed by atoms with Gasteiger partial charge >= 0.3 is 11.9 Å². The zero-order valence-electron chi connectivity index (χ0n) is 18.8. The Morgan fingerprint density at radius 1 is 1.28 bits per heavy atom. The van der Waals surface area contributed by atoms with Crippen molar-refractivity contribution in [2.75, 3.05) is 7.11 Å². The summed E-state index contributed by atoms with van der Waals surface area (Å²) in [5, 5.41) is 32.3. The molecule has 0 amide bonds. The number of carboxylic acid groups (broad SMARTS) is 1. The molecule has 5 rings (SSSR count). The molecule has 1 saturated heterocycles. The van der Waals surface area contributed by atoms with Crippen molar-refractivity contribution >= 4 is 17.7 Å². The lowest BCUT2D eigenvalue weighted by Gasteiger charge is -2.59. The third-order valence-corrected chi connectivity index (χ3v) is 10.0. The van der Waals surface area contributed by atoms with Gasteiger partial charge in [-0.1, -0.05) is 13.8 Å². The van der Waals surface area contributed by atoms with E-state index < -0.39 is 46.0 Å². The first-order valence-electron chi connectivity index (χ1n) is 11.6. The van der Waals surface area contributed by atoms with E-state index in [-0.39, 0.29) is 36.6 Å². The third kappa shape index (κ3) is 2.46. The Labute approximate surface area is 187 Å². The van der Waals surface area contributed by atoms with Crippen molar-refractivity contribution < 1.29 is 39.2 Å². The molecule has 5 aliphatic rings. The van der Waals surface area contributed by atoms with Gasteiger partial charge < -0.3 is 24.8 Å². The molecule has 0 aromatic rings. The van der Waals surface area contributed by atoms with Gasteiger partial charge in [-0.15, -0.1) is 0 Å². The van der Waals surface area contributed by atoms with Crippen LogP contribution in [0.25, 0.3) is 0 Å². The van der Waals surface area contributed by atoms with Crippen LogP contribution in [0.5, 0.6) is 0 Å². The molecule has 0 unspecified atom stereocenters. The zero-order chi connectivity index (χ0) is 23.3. The van der Waals surface area contributed by atoms with Crippen LogP contribution in [0.1, 0.15) is 58.8 Å². The number of ether oxygens (including phenoxy) is 2. The van der Waals surface area contributed by atoms with Crippen LogP contribution in [0.2, 0.25) is 0 Å². The molecule has 9 atom stereocenters. The summed E-state index contributed by atoms with van der Waals surface area (Å²) in [7, 11) is 1.29. The maximum atomic E-state index is 13.0. The average molecular weight is 449 g/mol. The number of hydrogen-bond acceptors (Lipinski definition) is 7. The van der Waals surface area contributed by atoms with E-state index in [1.54, 1.807) is 0 Å². The molecule has 176 valence electrons. The number of esters is 1. The van der Waals surface area contributed by atoms with Gasteiger partial charge in [0.1, 0.15) is 5.60 Å². The minimum absolute atomic E-state index is 0.0586. The van der Waals surface area contributed by atoms with Gasteiger partial charge in [0.2, 0.25) is 0 Å². The van der Waals surface area contributed by atoms with Crippen LogP contribution in [0.15, 0.2) is 11.6 Å². The van der Waals surface area contributed by atoms with Gasteiger partial charge in [-0.2, -0.15) is 0 Å². The molecule has 1 aliphatic heterocycles. The number of carbonyl (C=O) groups excluding carboxylic acids is 2. The van der Waals surface area contributed by atoms with Crippen molar-refractivity contribution in [1.29, 1.82) is 0 Å². The molecular weight excluding hydrogens is 416 g/mol. The van der Waals surface area contributed by atoms with Gasteiger partial charge in [0, 0.05) is 29.6 Å². The molecule has 8 heteroatoms. The Hall–Kier alpha value is -1.77. The van der Waals surface area contributed by atoms with Gasteiger partial charge in [-0.3, -0.25) is 14.4 Å². The van der Waals surface area contributed by atoms with Crippen molar-refractivity contribution in [2.24, 2.45) is 28.6 Å². The highest BCUT2D eigenvalue weighted by Gasteiger charge is 2.83. The average Bonchev–Trinajstić information content (AvgIpc) is 3.40. The summed E-state index contributed by atoms with van der Waals surface area (Å²) in [6, 6.07) is 0. The lowest BCUT2D eigenvalue weighted by atomic mass is 9.43. The van der Waals surface area contributed by atoms with E-state index in [0.29, 0.717) is 37.7 Å². The molecule has 4 fully saturated rings. The highest BCUT2D eigenvalue weighted by atomic mass is 16.6. The molecule has 3 saturated carbocycles. The molecule has 8 nitrogen and oxygen atoms in total. The van der Waals surface area contributed by atoms with Crippen molar-refractivity contribution in [3.05, 3.63) is 11.6 Å². The standard InChI is InChI=1S/C24H32O8/c1-21-7-4-12(25)10-14(21)19(28)17(20(29)31-3)18-13-5-8-23(30,9-6-16(26)27)22(13,2)11-15-24(18,21)32-15/h10,13,15,17-19,28,30H,4-9,11H2,1-3H3,(H,26,27)/t13-,15+,17-,18+,19-,21-,22-,23+,24+/m0/s1. The number of fused-ring (bicyclic) bond motifs is 3. The summed E-state index contributed by atoms with van der Waals surface area (Å²) < 4.78 is 11.6. The quantitative estimate of drug-likeness (QED) is 0.436. The number of aliphatic carboxylic acids is 1. The number of carbonyl (C=O) groups is 3. The Morgan fingerprint density at radius 3 is 2.66 bits per heavy atom. The van der Waals surface area contributed by atoms with Gasteiger partial charge in [-0.05, 0) is 49.7 Å². The van der Waals surface area contributed by atoms with Crippen molar-refractivity contribution in [3.8, 4) is 0 Å². The topological polar surface area (TPSA) is 134 Å². The van der Waals surface area contributed by atoms with Crippen molar-refractivity contribution in [1.82, 2.24) is 0 Å². The Bertz CT molecular complexity index is 927. The Morgan fingerprint density at radius 2 is 2.00 bits per heavy atom. The molecule has 0 bridgehead atoms. The molecular formula is C24H32O8. The van der Waals surface area contributed by atoms with Crippen LogP contribution >= 0.6 is 0 Å². The van der Waals surface area contributed by atoms with E-state index in [0.717, 1.165) is 0 Å². The van der Waals surface area contributed by atoms with Gasteiger partial charge in [0.25, 0.3) is 0 Å². The van der Waals surface area contributed by atoms with Gasteiger partial charge in [0.05, 0.1) is 30.8 Å². The van der Waals surface area contributed by atoms with E-state index in [4.69, 9.17) is 9.47 Å². The van der Waals surface area contributed by atoms with E-state index in [1.165, 1.54) is 13.2 Å².